The number of fused-ring (bicyclic) bond motifs is 1. The van der Waals surface area contributed by atoms with Gasteiger partial charge in [0.2, 0.25) is 0 Å². The van der Waals surface area contributed by atoms with Crippen LogP contribution in [0.5, 0.6) is 5.75 Å². The monoisotopic (exact) mass is 351 g/mol. The van der Waals surface area contributed by atoms with E-state index < -0.39 is 0 Å². The summed E-state index contributed by atoms with van der Waals surface area (Å²) in [5, 5.41) is 16.1. The van der Waals surface area contributed by atoms with Crippen LogP contribution in [0.4, 0.5) is 5.69 Å². The summed E-state index contributed by atoms with van der Waals surface area (Å²) in [7, 11) is 1.89. The summed E-state index contributed by atoms with van der Waals surface area (Å²) in [4.78, 5) is 23.9. The second-order valence-electron chi connectivity index (χ2n) is 6.07. The van der Waals surface area contributed by atoms with Crippen molar-refractivity contribution in [1.29, 1.82) is 0 Å². The van der Waals surface area contributed by atoms with Crippen molar-refractivity contribution in [3.63, 3.8) is 0 Å². The van der Waals surface area contributed by atoms with E-state index in [9.17, 15) is 14.7 Å². The highest BCUT2D eigenvalue weighted by atomic mass is 16.3. The molecule has 1 aromatic heterocycles. The van der Waals surface area contributed by atoms with Crippen LogP contribution in [0.25, 0.3) is 10.9 Å². The lowest BCUT2D eigenvalue weighted by Crippen LogP contribution is -2.13. The average Bonchev–Trinajstić information content (AvgIpc) is 3.01. The van der Waals surface area contributed by atoms with Crippen molar-refractivity contribution in [2.24, 2.45) is 0 Å². The zero-order chi connectivity index (χ0) is 18.5. The minimum Gasteiger partial charge on any atom is -0.508 e. The van der Waals surface area contributed by atoms with E-state index in [2.05, 4.69) is 10.6 Å². The van der Waals surface area contributed by atoms with Gasteiger partial charge in [0.25, 0.3) is 5.91 Å². The number of aryl methyl sites for hydroxylation is 1. The Morgan fingerprint density at radius 3 is 2.62 bits per heavy atom. The third-order valence-corrected chi connectivity index (χ3v) is 4.25. The highest BCUT2D eigenvalue weighted by molar-refractivity contribution is 6.06. The molecule has 0 aliphatic rings. The van der Waals surface area contributed by atoms with Crippen molar-refractivity contribution in [1.82, 2.24) is 9.88 Å². The number of aromatic nitrogens is 1. The third kappa shape index (κ3) is 3.75. The number of carbonyl (C=O) groups excluding carboxylic acids is 2. The summed E-state index contributed by atoms with van der Waals surface area (Å²) >= 11 is 0. The molecule has 6 nitrogen and oxygen atoms in total. The maximum absolute atomic E-state index is 12.5. The van der Waals surface area contributed by atoms with Crippen molar-refractivity contribution >= 4 is 28.8 Å². The Kier molecular flexibility index (Phi) is 5.34. The van der Waals surface area contributed by atoms with Gasteiger partial charge in [-0.2, -0.15) is 0 Å². The topological polar surface area (TPSA) is 83.4 Å². The number of amides is 1. The van der Waals surface area contributed by atoms with Gasteiger partial charge in [-0.05, 0) is 62.5 Å². The lowest BCUT2D eigenvalue weighted by molar-refractivity contribution is 0.102. The molecule has 0 fully saturated rings. The van der Waals surface area contributed by atoms with Gasteiger partial charge in [0.15, 0.2) is 6.29 Å². The van der Waals surface area contributed by atoms with Crippen molar-refractivity contribution in [3.8, 4) is 5.75 Å². The summed E-state index contributed by atoms with van der Waals surface area (Å²) < 4.78 is 1.94. The Balaban J connectivity index is 1.89. The summed E-state index contributed by atoms with van der Waals surface area (Å²) in [5.41, 5.74) is 2.58. The minimum atomic E-state index is -0.242. The van der Waals surface area contributed by atoms with Crippen molar-refractivity contribution in [2.45, 2.75) is 13.0 Å². The van der Waals surface area contributed by atoms with Gasteiger partial charge in [-0.1, -0.05) is 6.07 Å². The van der Waals surface area contributed by atoms with Crippen molar-refractivity contribution in [2.75, 3.05) is 18.9 Å². The molecular weight excluding hydrogens is 330 g/mol. The SMILES string of the molecule is CNCCCn1c(C=O)cc2ccc(C(=O)Nc3ccc(O)cc3)cc21. The normalized spacial score (nSPS) is 10.8. The molecule has 0 atom stereocenters. The predicted octanol–water partition coefficient (Wildman–Crippen LogP) is 3.02. The highest BCUT2D eigenvalue weighted by Crippen LogP contribution is 2.22. The average molecular weight is 351 g/mol. The smallest absolute Gasteiger partial charge is 0.255 e. The fourth-order valence-electron chi connectivity index (χ4n) is 2.93. The third-order valence-electron chi connectivity index (χ3n) is 4.25. The molecule has 0 bridgehead atoms. The van der Waals surface area contributed by atoms with Gasteiger partial charge in [0, 0.05) is 28.7 Å². The number of phenolic OH excluding ortho intramolecular Hbond substituents is 1. The number of benzene rings is 2. The van der Waals surface area contributed by atoms with Crippen LogP contribution in [-0.2, 0) is 6.54 Å². The lowest BCUT2D eigenvalue weighted by Gasteiger charge is -2.09. The first-order chi connectivity index (χ1) is 12.6. The van der Waals surface area contributed by atoms with Crippen LogP contribution in [-0.4, -0.2) is 35.5 Å². The Morgan fingerprint density at radius 2 is 1.92 bits per heavy atom. The van der Waals surface area contributed by atoms with Gasteiger partial charge in [-0.3, -0.25) is 9.59 Å². The van der Waals surface area contributed by atoms with E-state index >= 15 is 0 Å². The Morgan fingerprint density at radius 1 is 1.15 bits per heavy atom. The molecule has 0 spiro atoms. The highest BCUT2D eigenvalue weighted by Gasteiger charge is 2.12. The number of hydrogen-bond acceptors (Lipinski definition) is 4. The molecule has 0 saturated carbocycles. The Labute approximate surface area is 151 Å². The summed E-state index contributed by atoms with van der Waals surface area (Å²) in [6, 6.07) is 13.5. The van der Waals surface area contributed by atoms with E-state index in [4.69, 9.17) is 0 Å². The number of aldehydes is 1. The fourth-order valence-corrected chi connectivity index (χ4v) is 2.93. The van der Waals surface area contributed by atoms with Gasteiger partial charge in [-0.25, -0.2) is 0 Å². The zero-order valence-corrected chi connectivity index (χ0v) is 14.5. The summed E-state index contributed by atoms with van der Waals surface area (Å²) in [6.45, 7) is 1.54. The van der Waals surface area contributed by atoms with Crippen LogP contribution in [0.15, 0.2) is 48.5 Å². The number of aromatic hydroxyl groups is 1. The maximum Gasteiger partial charge on any atom is 0.255 e. The molecule has 6 heteroatoms. The molecule has 0 aliphatic carbocycles. The molecule has 26 heavy (non-hydrogen) atoms. The van der Waals surface area contributed by atoms with Crippen LogP contribution in [0, 0.1) is 0 Å². The van der Waals surface area contributed by atoms with E-state index in [0.717, 1.165) is 30.2 Å². The number of rotatable bonds is 7. The number of anilines is 1. The van der Waals surface area contributed by atoms with Gasteiger partial charge >= 0.3 is 0 Å². The first-order valence-corrected chi connectivity index (χ1v) is 8.46. The van der Waals surface area contributed by atoms with Crippen LogP contribution < -0.4 is 10.6 Å². The van der Waals surface area contributed by atoms with Crippen LogP contribution in [0.1, 0.15) is 27.3 Å². The van der Waals surface area contributed by atoms with Gasteiger partial charge < -0.3 is 20.3 Å². The van der Waals surface area contributed by atoms with E-state index in [0.29, 0.717) is 23.5 Å². The summed E-state index contributed by atoms with van der Waals surface area (Å²) in [6.07, 6.45) is 1.72. The van der Waals surface area contributed by atoms with Crippen molar-refractivity contribution in [3.05, 3.63) is 59.8 Å². The second kappa shape index (κ2) is 7.84. The molecule has 0 unspecified atom stereocenters. The predicted molar refractivity (Wildman–Crippen MR) is 102 cm³/mol. The largest absolute Gasteiger partial charge is 0.508 e. The molecule has 0 saturated heterocycles. The van der Waals surface area contributed by atoms with Crippen LogP contribution >= 0.6 is 0 Å². The number of phenols is 1. The molecular formula is C20H21N3O3. The zero-order valence-electron chi connectivity index (χ0n) is 14.5. The van der Waals surface area contributed by atoms with Gasteiger partial charge in [0.1, 0.15) is 5.75 Å². The second-order valence-corrected chi connectivity index (χ2v) is 6.07. The number of carbonyl (C=O) groups is 2. The Bertz CT molecular complexity index is 929. The number of nitrogens with one attached hydrogen (secondary N) is 2. The molecule has 3 N–H and O–H groups in total. The van der Waals surface area contributed by atoms with Crippen LogP contribution in [0.3, 0.4) is 0 Å². The molecule has 0 aliphatic heterocycles. The number of nitrogens with zero attached hydrogens (tertiary/aromatic N) is 1. The summed E-state index contributed by atoms with van der Waals surface area (Å²) in [5.74, 6) is -0.0987. The van der Waals surface area contributed by atoms with Gasteiger partial charge in [-0.15, -0.1) is 0 Å². The molecule has 3 rings (SSSR count). The molecule has 2 aromatic carbocycles. The van der Waals surface area contributed by atoms with Gasteiger partial charge in [0.05, 0.1) is 5.69 Å². The first kappa shape index (κ1) is 17.7. The molecule has 0 radical (unpaired) electrons. The molecule has 1 amide bonds. The maximum atomic E-state index is 12.5. The molecule has 3 aromatic rings. The molecule has 1 heterocycles. The van der Waals surface area contributed by atoms with E-state index in [1.54, 1.807) is 24.3 Å². The van der Waals surface area contributed by atoms with Crippen LogP contribution in [0.2, 0.25) is 0 Å². The Hall–Kier alpha value is -3.12. The van der Waals surface area contributed by atoms with Crippen molar-refractivity contribution < 1.29 is 14.7 Å². The van der Waals surface area contributed by atoms with E-state index in [-0.39, 0.29) is 11.7 Å². The molecule has 134 valence electrons. The number of hydrogen-bond donors (Lipinski definition) is 3. The van der Waals surface area contributed by atoms with E-state index in [1.807, 2.05) is 23.7 Å². The first-order valence-electron chi connectivity index (χ1n) is 8.46. The standard InChI is InChI=1S/C20H21N3O3/c1-21-9-2-10-23-17(13-24)11-14-3-4-15(12-19(14)23)20(26)22-16-5-7-18(25)8-6-16/h3-8,11-13,21,25H,2,9-10H2,1H3,(H,22,26). The quantitative estimate of drug-likeness (QED) is 0.347. The van der Waals surface area contributed by atoms with E-state index in [1.165, 1.54) is 12.1 Å². The fraction of sp³-hybridized carbons (Fsp3) is 0.200. The minimum absolute atomic E-state index is 0.144. The lowest BCUT2D eigenvalue weighted by atomic mass is 10.1.